The zero-order valence-electron chi connectivity index (χ0n) is 68.1. The maximum absolute atomic E-state index is 12.5. The van der Waals surface area contributed by atoms with Crippen LogP contribution in [-0.2, 0) is 469 Å². The molecule has 18 nitrogen and oxygen atoms in total. The Labute approximate surface area is 1010 Å². The van der Waals surface area contributed by atoms with Crippen molar-refractivity contribution in [2.75, 3.05) is 98.7 Å². The average molecular weight is 2620 g/mol. The van der Waals surface area contributed by atoms with Gasteiger partial charge in [-0.05, 0) is 79.8 Å². The fourth-order valence-electron chi connectivity index (χ4n) is 9.01. The maximum Gasteiger partial charge on any atom is 3.00 e. The fraction of sp³-hybridized carbons (Fsp3) is 0.571. The van der Waals surface area contributed by atoms with Crippen molar-refractivity contribution >= 4 is 211 Å². The van der Waals surface area contributed by atoms with E-state index in [1.165, 1.54) is 137 Å². The minimum atomic E-state index is -0.620. The molecular formula is C70H109N2O16S10Y12-10. The van der Waals surface area contributed by atoms with Crippen LogP contribution in [0.3, 0.4) is 0 Å². The van der Waals surface area contributed by atoms with Gasteiger partial charge in [0.1, 0.15) is 23.1 Å². The first-order chi connectivity index (χ1) is 44.1. The molecule has 40 heteroatoms. The van der Waals surface area contributed by atoms with E-state index in [1.54, 1.807) is 45.0 Å². The van der Waals surface area contributed by atoms with Gasteiger partial charge in [-0.25, -0.2) is 11.8 Å². The van der Waals surface area contributed by atoms with Gasteiger partial charge >= 0.3 is 32.7 Å². The Morgan fingerprint density at radius 2 is 0.873 bits per heavy atom. The molecule has 0 N–H and O–H groups in total. The summed E-state index contributed by atoms with van der Waals surface area (Å²) in [6.07, 6.45) is 32.5. The first-order valence-corrected chi connectivity index (χ1v) is 43.0. The van der Waals surface area contributed by atoms with E-state index in [2.05, 4.69) is 6.92 Å². The van der Waals surface area contributed by atoms with Crippen LogP contribution in [0.5, 0.6) is 0 Å². The van der Waals surface area contributed by atoms with Crippen molar-refractivity contribution < 1.29 is 469 Å². The van der Waals surface area contributed by atoms with Gasteiger partial charge in [-0.15, -0.1) is 29.7 Å². The minimum Gasteiger partial charge on any atom is -0.541 e. The van der Waals surface area contributed by atoms with Gasteiger partial charge in [-0.3, -0.25) is 40.1 Å². The number of nitrogens with zero attached hydrogens (tertiary/aromatic N) is 2. The Hall–Kier alpha value is 9.90. The van der Waals surface area contributed by atoms with E-state index >= 15 is 0 Å². The summed E-state index contributed by atoms with van der Waals surface area (Å²) in [6, 6.07) is 0. The van der Waals surface area contributed by atoms with Crippen LogP contribution in [0.1, 0.15) is 98.8 Å². The molecule has 5 unspecified atom stereocenters. The van der Waals surface area contributed by atoms with Gasteiger partial charge in [-0.1, -0.05) is 95.3 Å². The fourth-order valence-corrected chi connectivity index (χ4v) is 15.5. The van der Waals surface area contributed by atoms with Crippen molar-refractivity contribution in [3.8, 4) is 0 Å². The molecule has 11 radical (unpaired) electrons. The monoisotopic (exact) mass is 2620 g/mol. The molecule has 601 valence electrons. The maximum atomic E-state index is 12.5. The predicted molar refractivity (Wildman–Crippen MR) is 426 cm³/mol. The molecule has 4 amide bonds. The molecule has 2 aliphatic carbocycles. The summed E-state index contributed by atoms with van der Waals surface area (Å²) in [5, 5.41) is -1.08. The predicted octanol–water partition coefficient (Wildman–Crippen LogP) is 11.7. The van der Waals surface area contributed by atoms with Gasteiger partial charge in [-0.2, -0.15) is 101 Å². The Bertz CT molecular complexity index is 2600. The topological polar surface area (TPSA) is 280 Å². The Morgan fingerprint density at radius 3 is 1.21 bits per heavy atom. The molecule has 0 bridgehead atoms. The second-order valence-electron chi connectivity index (χ2n) is 20.5. The van der Waals surface area contributed by atoms with Crippen LogP contribution in [0.15, 0.2) is 9.81 Å². The van der Waals surface area contributed by atoms with Gasteiger partial charge in [0.05, 0.1) is 26.8 Å². The largest absolute Gasteiger partial charge is 3.00 e. The third kappa shape index (κ3) is 68.0. The summed E-state index contributed by atoms with van der Waals surface area (Å²) >= 11 is 14.2. The first-order valence-electron chi connectivity index (χ1n) is 29.8. The summed E-state index contributed by atoms with van der Waals surface area (Å²) in [5.41, 5.74) is 0. The van der Waals surface area contributed by atoms with Crippen molar-refractivity contribution in [2.45, 2.75) is 120 Å². The van der Waals surface area contributed by atoms with Crippen molar-refractivity contribution in [2.24, 2.45) is 29.6 Å². The number of imide groups is 2. The van der Waals surface area contributed by atoms with E-state index < -0.39 is 11.8 Å². The molecule has 110 heavy (non-hydrogen) atoms. The standard InChI is InChI=1S/C20H27N2O6S2.C12H17O3S.C10H15O2S2.C10H13O2S2.C10H17O2S2.C3H5OS.5CH3.12Y/c1-4-12(14(24)6-8-22-18(26)11-16(30-3)20(22)28)9-13(23)5-7-21-17(25)10-15(29-2)19(21)27;1-4-10(7-9(2)13)12(15)6-5-11(14)8-16-3;2*1-4-6-5-7(11)9(13-2)10(14-3)8(6)12;1-4-8(10(12)7-14-3)5-9(11)6-13-2;1-5-3-2-4;;;;;;;;;;;;;;;;;/h9,12,15-16H,4-8,10-11H2,1-3H3;5,7,10H,2,4,6,8H2,1,3H3;5-6,9-10H,4H2,1-3H3;5-6H,4H2,1-3H3;5,8H,4,6-7H2,1-3H3;3H2,1H3;5*1H3;;;;;;;;;;;;/q-1;-3;9*-1;;;;;;;;;;;;+3/t12-,15?,16?;10-;;6-;8-;;;;;;;;;;;;;;;;;;/m00.00................../s1. The third-order valence-corrected chi connectivity index (χ3v) is 22.1. The van der Waals surface area contributed by atoms with Crippen molar-refractivity contribution in [3.05, 3.63) is 92.4 Å². The molecule has 1 saturated carbocycles. The average Bonchev–Trinajstić information content (AvgIpc) is 1.22. The number of Topliss-reactive ketones (excluding diaryl/α,β-unsaturated/α-hetero) is 11. The quantitative estimate of drug-likeness (QED) is 0.0413. The number of carbonyl (C=O) groups is 15. The minimum absolute atomic E-state index is 0. The molecule has 0 aromatic heterocycles. The second kappa shape index (κ2) is 103. The van der Waals surface area contributed by atoms with Gasteiger partial charge in [0.2, 0.25) is 23.6 Å². The van der Waals surface area contributed by atoms with Gasteiger partial charge in [0.15, 0.2) is 0 Å². The van der Waals surface area contributed by atoms with Crippen LogP contribution < -0.4 is 0 Å². The normalized spacial score (nSPS) is 16.9. The summed E-state index contributed by atoms with van der Waals surface area (Å²) in [7, 11) is 0. The second-order valence-corrected chi connectivity index (χ2v) is 29.6. The number of hydrogen-bond acceptors (Lipinski definition) is 26. The SMILES string of the molecule is CCC1[CH-]C(=O)C(SC)C(SC)C1=O.CC[C@@H]([CH-]C(=O)CCN1C(=O)CC(SC)C1=O)C(=O)CCN1C(=O)CC(SC)C1=O.CC[C@@H]([CH-]C(=O)CSC)C(=O)CSC.CC[C@H]1[CH-]C(=O)C(SC)=C(SC)C1=O.CSC[C-]=O.[CH2-]C(=O)[CH-][C@H](CC)C(=O)C[CH-]C(=O)CSC.[CH3-].[CH3-].[CH3-].[CH3-].[CH3-].[Y+3].[Y].[Y].[Y].[Y].[Y].[Y].[Y].[Y].[Y].[Y].[Y]. The molecule has 0 spiro atoms. The molecule has 0 aromatic carbocycles. The third-order valence-electron chi connectivity index (χ3n) is 14.2. The number of thioether (sulfide) groups is 10. The molecule has 2 aliphatic heterocycles. The molecule has 2 heterocycles. The van der Waals surface area contributed by atoms with Crippen molar-refractivity contribution in [1.82, 2.24) is 9.80 Å². The number of rotatable bonds is 37. The molecule has 4 rings (SSSR count). The number of hydrogen-bond donors (Lipinski definition) is 0. The van der Waals surface area contributed by atoms with Crippen LogP contribution in [0.25, 0.3) is 0 Å². The zero-order chi connectivity index (χ0) is 71.5. The Balaban J connectivity index is -0.0000000542. The molecule has 9 atom stereocenters. The summed E-state index contributed by atoms with van der Waals surface area (Å²) in [5.74, 6) is -1.12. The van der Waals surface area contributed by atoms with E-state index in [0.29, 0.717) is 52.1 Å². The van der Waals surface area contributed by atoms with E-state index in [9.17, 15) is 76.7 Å². The number of likely N-dealkylation sites (tertiary alicyclic amines) is 2. The summed E-state index contributed by atoms with van der Waals surface area (Å²) in [4.78, 5) is 189. The van der Waals surface area contributed by atoms with Gasteiger partial charge in [0.25, 0.3) is 0 Å². The molecular weight excluding hydrogens is 2510 g/mol. The number of allylic oxidation sites excluding steroid dienone is 2. The number of ketones is 11. The van der Waals surface area contributed by atoms with Crippen molar-refractivity contribution in [3.63, 3.8) is 0 Å². The van der Waals surface area contributed by atoms with Crippen molar-refractivity contribution in [1.29, 1.82) is 0 Å². The molecule has 4 aliphatic rings. The smallest absolute Gasteiger partial charge is 0.541 e. The van der Waals surface area contributed by atoms with E-state index in [0.717, 1.165) is 22.6 Å². The Morgan fingerprint density at radius 1 is 0.482 bits per heavy atom. The van der Waals surface area contributed by atoms with E-state index in [4.69, 9.17) is 0 Å². The van der Waals surface area contributed by atoms with Crippen LogP contribution >= 0.6 is 118 Å². The first kappa shape index (κ1) is 166. The van der Waals surface area contributed by atoms with E-state index in [-0.39, 0.29) is 601 Å². The number of carbonyl (C=O) groups excluding carboxylic acids is 16. The summed E-state index contributed by atoms with van der Waals surface area (Å²) in [6.45, 7) is 12.7. The number of amides is 4. The van der Waals surface area contributed by atoms with Gasteiger partial charge in [0, 0.05) is 438 Å². The Kier molecular flexibility index (Phi) is 155. The van der Waals surface area contributed by atoms with Gasteiger partial charge < -0.3 is 129 Å². The zero-order valence-corrected chi connectivity index (χ0v) is 110. The van der Waals surface area contributed by atoms with Crippen LogP contribution in [0.4, 0.5) is 0 Å². The van der Waals surface area contributed by atoms with Crippen LogP contribution in [-0.4, -0.2) is 223 Å². The molecule has 3 fully saturated rings. The summed E-state index contributed by atoms with van der Waals surface area (Å²) < 4.78 is 0. The van der Waals surface area contributed by atoms with Crippen LogP contribution in [0.2, 0.25) is 0 Å². The van der Waals surface area contributed by atoms with E-state index in [1.807, 2.05) is 77.7 Å². The molecule has 0 aromatic rings. The van der Waals surface area contributed by atoms with Crippen LogP contribution in [0, 0.1) is 112 Å². The molecule has 2 saturated heterocycles.